The first kappa shape index (κ1) is 35.2. The molecule has 0 radical (unpaired) electrons. The van der Waals surface area contributed by atoms with E-state index in [0.717, 1.165) is 36.8 Å². The van der Waals surface area contributed by atoms with Crippen LogP contribution in [0, 0.1) is 29.1 Å². The van der Waals surface area contributed by atoms with Crippen molar-refractivity contribution in [3.05, 3.63) is 35.5 Å². The van der Waals surface area contributed by atoms with Crippen molar-refractivity contribution < 1.29 is 48.9 Å². The Bertz CT molecular complexity index is 1100. The number of carbonyl (C=O) groups excluding carboxylic acids is 1. The number of hydrogen-bond donors (Lipinski definition) is 4. The molecule has 0 aromatic carbocycles. The molecule has 0 aromatic heterocycles. The molecular formula is C34H54O10. The number of allylic oxidation sites excluding steroid dienone is 1. The Morgan fingerprint density at radius 2 is 1.91 bits per heavy atom. The van der Waals surface area contributed by atoms with Gasteiger partial charge in [0.05, 0.1) is 24.9 Å². The van der Waals surface area contributed by atoms with E-state index in [1.54, 1.807) is 13.2 Å². The van der Waals surface area contributed by atoms with Crippen molar-refractivity contribution >= 4 is 5.97 Å². The number of hydrogen-bond acceptors (Lipinski definition) is 10. The van der Waals surface area contributed by atoms with E-state index in [1.165, 1.54) is 12.5 Å². The van der Waals surface area contributed by atoms with E-state index in [4.69, 9.17) is 23.7 Å². The van der Waals surface area contributed by atoms with Crippen LogP contribution < -0.4 is 0 Å². The highest BCUT2D eigenvalue weighted by Crippen LogP contribution is 2.55. The molecule has 0 aromatic rings. The maximum Gasteiger partial charge on any atom is 0.303 e. The Labute approximate surface area is 262 Å². The van der Waals surface area contributed by atoms with Gasteiger partial charge in [-0.2, -0.15) is 0 Å². The molecule has 1 saturated carbocycles. The summed E-state index contributed by atoms with van der Waals surface area (Å²) in [4.78, 5) is 12.0. The highest BCUT2D eigenvalue weighted by molar-refractivity contribution is 5.66. The largest absolute Gasteiger partial charge is 0.457 e. The predicted octanol–water partition coefficient (Wildman–Crippen LogP) is 3.07. The lowest BCUT2D eigenvalue weighted by Gasteiger charge is -2.46. The molecule has 10 heteroatoms. The Balaban J connectivity index is 1.76. The van der Waals surface area contributed by atoms with E-state index in [1.807, 2.05) is 27.7 Å². The van der Waals surface area contributed by atoms with Gasteiger partial charge in [-0.25, -0.2) is 0 Å². The average molecular weight is 623 g/mol. The van der Waals surface area contributed by atoms with Crippen LogP contribution in [0.4, 0.5) is 0 Å². The van der Waals surface area contributed by atoms with Gasteiger partial charge >= 0.3 is 5.97 Å². The molecule has 4 N–H and O–H groups in total. The minimum Gasteiger partial charge on any atom is -0.457 e. The van der Waals surface area contributed by atoms with Crippen LogP contribution in [-0.4, -0.2) is 102 Å². The smallest absolute Gasteiger partial charge is 0.303 e. The minimum atomic E-state index is -1.54. The molecule has 44 heavy (non-hydrogen) atoms. The lowest BCUT2D eigenvalue weighted by Crippen LogP contribution is -2.62. The second-order valence-electron chi connectivity index (χ2n) is 14.0. The fourth-order valence-corrected chi connectivity index (χ4v) is 7.68. The summed E-state index contributed by atoms with van der Waals surface area (Å²) >= 11 is 0. The Kier molecular flexibility index (Phi) is 11.2. The number of aliphatic hydroxyl groups is 4. The molecule has 0 amide bonds. The predicted molar refractivity (Wildman–Crippen MR) is 163 cm³/mol. The second kappa shape index (κ2) is 14.0. The fraction of sp³-hybridized carbons (Fsp3) is 0.794. The molecule has 3 aliphatic carbocycles. The van der Waals surface area contributed by atoms with Crippen molar-refractivity contribution in [1.29, 1.82) is 0 Å². The van der Waals surface area contributed by atoms with Crippen molar-refractivity contribution in [2.75, 3.05) is 26.9 Å². The normalized spacial score (nSPS) is 41.2. The maximum absolute atomic E-state index is 12.1. The minimum absolute atomic E-state index is 0.0550. The summed E-state index contributed by atoms with van der Waals surface area (Å²) in [6.07, 6.45) is -1.11. The third-order valence-electron chi connectivity index (χ3n) is 10.4. The Morgan fingerprint density at radius 1 is 1.20 bits per heavy atom. The Morgan fingerprint density at radius 3 is 2.52 bits per heavy atom. The van der Waals surface area contributed by atoms with Crippen LogP contribution in [0.1, 0.15) is 67.2 Å². The quantitative estimate of drug-likeness (QED) is 0.201. The average Bonchev–Trinajstić information content (AvgIpc) is 3.52. The van der Waals surface area contributed by atoms with Crippen molar-refractivity contribution in [2.24, 2.45) is 29.1 Å². The van der Waals surface area contributed by atoms with Gasteiger partial charge in [-0.05, 0) is 56.9 Å². The second-order valence-corrected chi connectivity index (χ2v) is 14.0. The highest BCUT2D eigenvalue weighted by atomic mass is 16.7. The summed E-state index contributed by atoms with van der Waals surface area (Å²) in [5.74, 6) is -0.634. The number of carbonyl (C=O) groups is 1. The number of methoxy groups -OCH3 is 1. The lowest BCUT2D eigenvalue weighted by atomic mass is 9.68. The molecule has 4 rings (SSSR count). The molecule has 4 aliphatic rings. The van der Waals surface area contributed by atoms with Crippen LogP contribution in [0.25, 0.3) is 0 Å². The van der Waals surface area contributed by atoms with Crippen molar-refractivity contribution in [3.63, 3.8) is 0 Å². The van der Waals surface area contributed by atoms with Gasteiger partial charge in [0.2, 0.25) is 0 Å². The van der Waals surface area contributed by atoms with E-state index >= 15 is 0 Å². The third kappa shape index (κ3) is 7.03. The SMILES string of the molecule is C=CC(C)(C)OCC1OC(O[C@@H]2C3=C(C(C)CO)CCC3(C)/C=C3/C(COC)CCC3C(C)C2O)C(O)C(OC(C)=O)C1O. The van der Waals surface area contributed by atoms with E-state index in [2.05, 4.69) is 19.6 Å². The summed E-state index contributed by atoms with van der Waals surface area (Å²) in [6, 6.07) is 0. The monoisotopic (exact) mass is 622 g/mol. The zero-order valence-corrected chi connectivity index (χ0v) is 27.4. The van der Waals surface area contributed by atoms with Crippen LogP contribution in [-0.2, 0) is 28.5 Å². The van der Waals surface area contributed by atoms with Gasteiger partial charge in [-0.3, -0.25) is 4.79 Å². The fourth-order valence-electron chi connectivity index (χ4n) is 7.68. The van der Waals surface area contributed by atoms with Crippen LogP contribution >= 0.6 is 0 Å². The van der Waals surface area contributed by atoms with E-state index in [0.29, 0.717) is 6.61 Å². The number of aliphatic hydroxyl groups excluding tert-OH is 4. The van der Waals surface area contributed by atoms with Crippen LogP contribution in [0.2, 0.25) is 0 Å². The van der Waals surface area contributed by atoms with Crippen LogP contribution in [0.3, 0.4) is 0 Å². The summed E-state index contributed by atoms with van der Waals surface area (Å²) in [5.41, 5.74) is 2.02. The molecular weight excluding hydrogens is 568 g/mol. The molecule has 250 valence electrons. The molecule has 0 spiro atoms. The van der Waals surface area contributed by atoms with Gasteiger partial charge in [0.25, 0.3) is 0 Å². The maximum atomic E-state index is 12.1. The molecule has 1 saturated heterocycles. The zero-order chi connectivity index (χ0) is 32.6. The number of fused-ring (bicyclic) bond motifs is 2. The van der Waals surface area contributed by atoms with Crippen LogP contribution in [0.15, 0.2) is 35.5 Å². The van der Waals surface area contributed by atoms with E-state index in [-0.39, 0.29) is 36.9 Å². The first-order valence-corrected chi connectivity index (χ1v) is 16.0. The van der Waals surface area contributed by atoms with E-state index in [9.17, 15) is 25.2 Å². The summed E-state index contributed by atoms with van der Waals surface area (Å²) in [6.45, 7) is 15.2. The number of ether oxygens (including phenoxy) is 5. The van der Waals surface area contributed by atoms with Gasteiger partial charge in [0.1, 0.15) is 24.4 Å². The lowest BCUT2D eigenvalue weighted by molar-refractivity contribution is -0.320. The molecule has 10 nitrogen and oxygen atoms in total. The van der Waals surface area contributed by atoms with E-state index < -0.39 is 59.9 Å². The molecule has 2 fully saturated rings. The zero-order valence-electron chi connectivity index (χ0n) is 27.4. The van der Waals surface area contributed by atoms with Gasteiger partial charge < -0.3 is 44.1 Å². The summed E-state index contributed by atoms with van der Waals surface area (Å²) < 4.78 is 29.7. The molecule has 1 aliphatic heterocycles. The first-order valence-electron chi connectivity index (χ1n) is 16.0. The van der Waals surface area contributed by atoms with Crippen LogP contribution in [0.5, 0.6) is 0 Å². The van der Waals surface area contributed by atoms with Crippen molar-refractivity contribution in [3.8, 4) is 0 Å². The van der Waals surface area contributed by atoms with Gasteiger partial charge in [0, 0.05) is 37.9 Å². The first-order chi connectivity index (χ1) is 20.7. The van der Waals surface area contributed by atoms with Gasteiger partial charge in [-0.15, -0.1) is 6.58 Å². The third-order valence-corrected chi connectivity index (χ3v) is 10.4. The highest BCUT2D eigenvalue weighted by Gasteiger charge is 2.53. The van der Waals surface area contributed by atoms with Gasteiger partial charge in [0.15, 0.2) is 12.4 Å². The molecule has 12 atom stereocenters. The topological polar surface area (TPSA) is 144 Å². The van der Waals surface area contributed by atoms with Crippen molar-refractivity contribution in [2.45, 2.75) is 116 Å². The van der Waals surface area contributed by atoms with Crippen molar-refractivity contribution in [1.82, 2.24) is 0 Å². The van der Waals surface area contributed by atoms with Gasteiger partial charge in [-0.1, -0.05) is 44.1 Å². The molecule has 11 unspecified atom stereocenters. The summed E-state index contributed by atoms with van der Waals surface area (Å²) in [5, 5.41) is 44.9. The molecule has 0 bridgehead atoms. The summed E-state index contributed by atoms with van der Waals surface area (Å²) in [7, 11) is 1.72. The standard InChI is InChI=1S/C34H54O10/c1-9-33(5,6)41-17-25-28(38)31(42-20(4)36)29(39)32(43-25)44-30-26-22(18(2)15-35)12-13-34(26,7)14-24-21(16-40-8)10-11-23(24)19(3)27(30)37/h9,14,18-19,21,23,25,27-32,35,37-39H,1,10-13,15-17H2,2-8H3/b24-14-/t18?,19?,21?,23?,25?,27?,28?,29?,30-,31?,32?,34?/m1/s1. The molecule has 1 heterocycles. The number of esters is 1. The number of rotatable bonds is 11. The Hall–Kier alpha value is -1.63.